The van der Waals surface area contributed by atoms with Crippen LogP contribution in [0, 0.1) is 0 Å². The van der Waals surface area contributed by atoms with E-state index in [1.165, 1.54) is 11.9 Å². The second kappa shape index (κ2) is 6.10. The second-order valence-electron chi connectivity index (χ2n) is 5.03. The molecule has 0 unspecified atom stereocenters. The highest BCUT2D eigenvalue weighted by Gasteiger charge is 2.14. The topological polar surface area (TPSA) is 45.7 Å². The van der Waals surface area contributed by atoms with E-state index in [-0.39, 0.29) is 0 Å². The first-order valence-corrected chi connectivity index (χ1v) is 7.63. The lowest BCUT2D eigenvalue weighted by molar-refractivity contribution is 0.482. The number of hydrogen-bond donors (Lipinski definition) is 2. The largest absolute Gasteiger partial charge is 0.457 e. The molecular formula is C16H17N3OS. The number of para-hydroxylation sites is 1. The molecule has 0 spiro atoms. The van der Waals surface area contributed by atoms with Crippen molar-refractivity contribution in [3.05, 3.63) is 48.5 Å². The number of ether oxygens (including phenoxy) is 1. The van der Waals surface area contributed by atoms with Crippen molar-refractivity contribution in [2.75, 3.05) is 5.32 Å². The molecule has 0 radical (unpaired) electrons. The van der Waals surface area contributed by atoms with Gasteiger partial charge in [-0.2, -0.15) is 4.40 Å². The Hall–Kier alpha value is -2.14. The maximum atomic E-state index is 5.85. The number of anilines is 1. The van der Waals surface area contributed by atoms with Crippen LogP contribution in [0.1, 0.15) is 13.8 Å². The van der Waals surface area contributed by atoms with Crippen LogP contribution in [0.25, 0.3) is 0 Å². The first-order valence-electron chi connectivity index (χ1n) is 6.86. The lowest BCUT2D eigenvalue weighted by Gasteiger charge is -2.20. The molecule has 2 aromatic rings. The molecule has 1 heterocycles. The maximum Gasteiger partial charge on any atom is 0.208 e. The SMILES string of the molecule is CC(C)NC1=NSc2ccc(Oc3ccccc3)cc2N1. The minimum Gasteiger partial charge on any atom is -0.457 e. The van der Waals surface area contributed by atoms with Gasteiger partial charge in [-0.25, -0.2) is 0 Å². The lowest BCUT2D eigenvalue weighted by atomic mass is 10.3. The molecular weight excluding hydrogens is 282 g/mol. The van der Waals surface area contributed by atoms with Gasteiger partial charge >= 0.3 is 0 Å². The molecule has 1 aliphatic heterocycles. The van der Waals surface area contributed by atoms with Crippen molar-refractivity contribution in [2.24, 2.45) is 4.40 Å². The highest BCUT2D eigenvalue weighted by molar-refractivity contribution is 7.98. The number of rotatable bonds is 3. The predicted molar refractivity (Wildman–Crippen MR) is 88.1 cm³/mol. The number of fused-ring (bicyclic) bond motifs is 1. The van der Waals surface area contributed by atoms with E-state index < -0.39 is 0 Å². The van der Waals surface area contributed by atoms with Gasteiger partial charge in [0.25, 0.3) is 0 Å². The standard InChI is InChI=1S/C16H17N3OS/c1-11(2)17-16-18-14-10-13(8-9-15(14)21-19-16)20-12-6-4-3-5-7-12/h3-11H,1-2H3,(H2,17,18,19). The van der Waals surface area contributed by atoms with Gasteiger partial charge < -0.3 is 15.4 Å². The maximum absolute atomic E-state index is 5.85. The van der Waals surface area contributed by atoms with Crippen LogP contribution in [0.4, 0.5) is 5.69 Å². The Morgan fingerprint density at radius 2 is 1.90 bits per heavy atom. The fourth-order valence-electron chi connectivity index (χ4n) is 1.96. The van der Waals surface area contributed by atoms with Crippen molar-refractivity contribution < 1.29 is 4.74 Å². The van der Waals surface area contributed by atoms with Crippen LogP contribution in [0.3, 0.4) is 0 Å². The van der Waals surface area contributed by atoms with E-state index in [1.54, 1.807) is 0 Å². The van der Waals surface area contributed by atoms with Gasteiger partial charge in [0.2, 0.25) is 5.96 Å². The van der Waals surface area contributed by atoms with Crippen LogP contribution in [-0.4, -0.2) is 12.0 Å². The highest BCUT2D eigenvalue weighted by Crippen LogP contribution is 2.35. The molecule has 0 bridgehead atoms. The van der Waals surface area contributed by atoms with Gasteiger partial charge in [0, 0.05) is 24.1 Å². The second-order valence-corrected chi connectivity index (χ2v) is 5.83. The molecule has 2 aromatic carbocycles. The first kappa shape index (κ1) is 13.8. The zero-order chi connectivity index (χ0) is 14.7. The fraction of sp³-hybridized carbons (Fsp3) is 0.188. The third-order valence-corrected chi connectivity index (χ3v) is 3.67. The third kappa shape index (κ3) is 3.49. The zero-order valence-electron chi connectivity index (χ0n) is 12.0. The van der Waals surface area contributed by atoms with Crippen molar-refractivity contribution in [3.63, 3.8) is 0 Å². The summed E-state index contributed by atoms with van der Waals surface area (Å²) < 4.78 is 10.2. The molecule has 21 heavy (non-hydrogen) atoms. The van der Waals surface area contributed by atoms with Crippen LogP contribution < -0.4 is 15.4 Å². The van der Waals surface area contributed by atoms with Crippen LogP contribution in [0.2, 0.25) is 0 Å². The van der Waals surface area contributed by atoms with Crippen molar-refractivity contribution >= 4 is 23.6 Å². The average Bonchev–Trinajstić information content (AvgIpc) is 2.47. The summed E-state index contributed by atoms with van der Waals surface area (Å²) in [5, 5.41) is 6.56. The Morgan fingerprint density at radius 3 is 2.67 bits per heavy atom. The van der Waals surface area contributed by atoms with Crippen LogP contribution in [-0.2, 0) is 0 Å². The molecule has 5 heteroatoms. The summed E-state index contributed by atoms with van der Waals surface area (Å²) in [6.45, 7) is 4.17. The molecule has 4 nitrogen and oxygen atoms in total. The monoisotopic (exact) mass is 299 g/mol. The fourth-order valence-corrected chi connectivity index (χ4v) is 2.58. The Morgan fingerprint density at radius 1 is 1.10 bits per heavy atom. The van der Waals surface area contributed by atoms with Crippen molar-refractivity contribution in [1.29, 1.82) is 0 Å². The summed E-state index contributed by atoms with van der Waals surface area (Å²) >= 11 is 1.46. The van der Waals surface area contributed by atoms with E-state index in [0.29, 0.717) is 6.04 Å². The van der Waals surface area contributed by atoms with Gasteiger partial charge in [-0.3, -0.25) is 0 Å². The van der Waals surface area contributed by atoms with Crippen LogP contribution in [0.5, 0.6) is 11.5 Å². The summed E-state index contributed by atoms with van der Waals surface area (Å²) in [7, 11) is 0. The average molecular weight is 299 g/mol. The molecule has 3 rings (SSSR count). The van der Waals surface area contributed by atoms with E-state index in [1.807, 2.05) is 48.5 Å². The Kier molecular flexibility index (Phi) is 4.01. The number of hydrogen-bond acceptors (Lipinski definition) is 5. The highest BCUT2D eigenvalue weighted by atomic mass is 32.2. The molecule has 2 N–H and O–H groups in total. The number of benzene rings is 2. The van der Waals surface area contributed by atoms with E-state index in [2.05, 4.69) is 28.9 Å². The zero-order valence-corrected chi connectivity index (χ0v) is 12.8. The number of guanidine groups is 1. The summed E-state index contributed by atoms with van der Waals surface area (Å²) in [5.41, 5.74) is 1.01. The Bertz CT molecular complexity index is 656. The summed E-state index contributed by atoms with van der Waals surface area (Å²) in [6.07, 6.45) is 0. The molecule has 0 fully saturated rings. The van der Waals surface area contributed by atoms with Gasteiger partial charge in [0.05, 0.1) is 10.6 Å². The molecule has 0 amide bonds. The Labute approximate surface area is 128 Å². The summed E-state index contributed by atoms with van der Waals surface area (Å²) in [6, 6.07) is 16.1. The van der Waals surface area contributed by atoms with Gasteiger partial charge in [0.1, 0.15) is 11.5 Å². The number of nitrogens with one attached hydrogen (secondary N) is 2. The molecule has 108 valence electrons. The first-order chi connectivity index (χ1) is 10.2. The van der Waals surface area contributed by atoms with Crippen LogP contribution in [0.15, 0.2) is 57.8 Å². The van der Waals surface area contributed by atoms with Gasteiger partial charge in [-0.15, -0.1) is 0 Å². The lowest BCUT2D eigenvalue weighted by Crippen LogP contribution is -2.36. The molecule has 0 aromatic heterocycles. The minimum absolute atomic E-state index is 0.335. The molecule has 0 atom stereocenters. The van der Waals surface area contributed by atoms with E-state index >= 15 is 0 Å². The normalized spacial score (nSPS) is 13.2. The van der Waals surface area contributed by atoms with E-state index in [0.717, 1.165) is 28.0 Å². The summed E-state index contributed by atoms with van der Waals surface area (Å²) in [5.74, 6) is 2.41. The molecule has 1 aliphatic rings. The van der Waals surface area contributed by atoms with Crippen molar-refractivity contribution in [3.8, 4) is 11.5 Å². The summed E-state index contributed by atoms with van der Waals surface area (Å²) in [4.78, 5) is 1.09. The quantitative estimate of drug-likeness (QED) is 0.831. The Balaban J connectivity index is 1.77. The van der Waals surface area contributed by atoms with Crippen molar-refractivity contribution in [2.45, 2.75) is 24.8 Å². The van der Waals surface area contributed by atoms with Gasteiger partial charge in [-0.1, -0.05) is 18.2 Å². The van der Waals surface area contributed by atoms with Crippen molar-refractivity contribution in [1.82, 2.24) is 5.32 Å². The predicted octanol–water partition coefficient (Wildman–Crippen LogP) is 4.27. The molecule has 0 saturated heterocycles. The third-order valence-electron chi connectivity index (χ3n) is 2.84. The van der Waals surface area contributed by atoms with E-state index in [9.17, 15) is 0 Å². The van der Waals surface area contributed by atoms with E-state index in [4.69, 9.17) is 4.74 Å². The van der Waals surface area contributed by atoms with Gasteiger partial charge in [0.15, 0.2) is 0 Å². The minimum atomic E-state index is 0.335. The smallest absolute Gasteiger partial charge is 0.208 e. The number of nitrogens with zero attached hydrogens (tertiary/aromatic N) is 1. The van der Waals surface area contributed by atoms with Gasteiger partial charge in [-0.05, 0) is 38.1 Å². The molecule has 0 aliphatic carbocycles. The van der Waals surface area contributed by atoms with Crippen LogP contribution >= 0.6 is 11.9 Å². The molecule has 0 saturated carbocycles.